The first kappa shape index (κ1) is 12.6. The molecular formula is C13H13N5O. The molecule has 0 aliphatic heterocycles. The number of rotatable bonds is 3. The summed E-state index contributed by atoms with van der Waals surface area (Å²) in [5.74, 6) is 0.580. The molecule has 1 heterocycles. The summed E-state index contributed by atoms with van der Waals surface area (Å²) in [5.41, 5.74) is 1.99. The number of aryl methyl sites for hydroxylation is 1. The van der Waals surface area contributed by atoms with Gasteiger partial charge in [0, 0.05) is 11.3 Å². The number of anilines is 2. The maximum absolute atomic E-state index is 11.8. The number of amides is 2. The highest BCUT2D eigenvalue weighted by Gasteiger charge is 2.07. The van der Waals surface area contributed by atoms with Crippen LogP contribution in [0.5, 0.6) is 0 Å². The molecule has 6 heteroatoms. The van der Waals surface area contributed by atoms with E-state index in [1.165, 1.54) is 0 Å². The number of hydrogen-bond acceptors (Lipinski definition) is 3. The minimum atomic E-state index is -0.381. The SMILES string of the molecule is CCc1cn[nH]c1NC(=O)Nc1cccc(C#N)c1. The lowest BCUT2D eigenvalue weighted by atomic mass is 10.2. The molecular weight excluding hydrogens is 242 g/mol. The summed E-state index contributed by atoms with van der Waals surface area (Å²) in [6, 6.07) is 8.34. The molecule has 0 saturated heterocycles. The highest BCUT2D eigenvalue weighted by molar-refractivity contribution is 5.99. The van der Waals surface area contributed by atoms with E-state index in [2.05, 4.69) is 20.8 Å². The van der Waals surface area contributed by atoms with E-state index in [0.29, 0.717) is 17.1 Å². The number of nitrogens with one attached hydrogen (secondary N) is 3. The minimum Gasteiger partial charge on any atom is -0.308 e. The summed E-state index contributed by atoms with van der Waals surface area (Å²) in [4.78, 5) is 11.8. The Bertz CT molecular complexity index is 626. The first-order valence-corrected chi connectivity index (χ1v) is 5.83. The Labute approximate surface area is 110 Å². The van der Waals surface area contributed by atoms with Gasteiger partial charge in [-0.25, -0.2) is 4.79 Å². The molecule has 0 fully saturated rings. The van der Waals surface area contributed by atoms with E-state index < -0.39 is 0 Å². The molecule has 96 valence electrons. The van der Waals surface area contributed by atoms with Gasteiger partial charge in [0.05, 0.1) is 17.8 Å². The van der Waals surface area contributed by atoms with Crippen molar-refractivity contribution in [3.8, 4) is 6.07 Å². The van der Waals surface area contributed by atoms with Crippen molar-refractivity contribution in [2.45, 2.75) is 13.3 Å². The number of aromatic amines is 1. The van der Waals surface area contributed by atoms with E-state index in [4.69, 9.17) is 5.26 Å². The first-order chi connectivity index (χ1) is 9.22. The maximum Gasteiger partial charge on any atom is 0.324 e. The Hall–Kier alpha value is -2.81. The fourth-order valence-corrected chi connectivity index (χ4v) is 1.63. The third kappa shape index (κ3) is 3.10. The van der Waals surface area contributed by atoms with Crippen LogP contribution in [0, 0.1) is 11.3 Å². The van der Waals surface area contributed by atoms with Crippen LogP contribution in [-0.4, -0.2) is 16.2 Å². The van der Waals surface area contributed by atoms with Gasteiger partial charge >= 0.3 is 6.03 Å². The number of aromatic nitrogens is 2. The molecule has 0 aliphatic rings. The standard InChI is InChI=1S/C13H13N5O/c1-2-10-8-15-18-12(10)17-13(19)16-11-5-3-4-9(6-11)7-14/h3-6,8H,2H2,1H3,(H3,15,16,17,18,19). The summed E-state index contributed by atoms with van der Waals surface area (Å²) >= 11 is 0. The van der Waals surface area contributed by atoms with Crippen molar-refractivity contribution >= 4 is 17.5 Å². The van der Waals surface area contributed by atoms with E-state index >= 15 is 0 Å². The fourth-order valence-electron chi connectivity index (χ4n) is 1.63. The van der Waals surface area contributed by atoms with Gasteiger partial charge in [-0.05, 0) is 24.6 Å². The zero-order chi connectivity index (χ0) is 13.7. The number of benzene rings is 1. The van der Waals surface area contributed by atoms with Crippen molar-refractivity contribution in [3.63, 3.8) is 0 Å². The smallest absolute Gasteiger partial charge is 0.308 e. The Morgan fingerprint density at radius 2 is 2.32 bits per heavy atom. The van der Waals surface area contributed by atoms with Crippen LogP contribution in [0.4, 0.5) is 16.3 Å². The molecule has 0 spiro atoms. The van der Waals surface area contributed by atoms with Crippen LogP contribution in [0.1, 0.15) is 18.1 Å². The minimum absolute atomic E-state index is 0.381. The zero-order valence-corrected chi connectivity index (χ0v) is 10.4. The molecule has 3 N–H and O–H groups in total. The van der Waals surface area contributed by atoms with Crippen LogP contribution in [0.3, 0.4) is 0 Å². The van der Waals surface area contributed by atoms with Crippen LogP contribution in [0.25, 0.3) is 0 Å². The molecule has 1 aromatic carbocycles. The van der Waals surface area contributed by atoms with Gasteiger partial charge in [0.2, 0.25) is 0 Å². The maximum atomic E-state index is 11.8. The molecule has 0 atom stereocenters. The average molecular weight is 255 g/mol. The Kier molecular flexibility index (Phi) is 3.78. The van der Waals surface area contributed by atoms with E-state index in [-0.39, 0.29) is 6.03 Å². The molecule has 0 aliphatic carbocycles. The number of carbonyl (C=O) groups excluding carboxylic acids is 1. The molecule has 0 unspecified atom stereocenters. The van der Waals surface area contributed by atoms with Crippen LogP contribution >= 0.6 is 0 Å². The lowest BCUT2D eigenvalue weighted by Crippen LogP contribution is -2.20. The first-order valence-electron chi connectivity index (χ1n) is 5.83. The third-order valence-corrected chi connectivity index (χ3v) is 2.59. The molecule has 0 saturated carbocycles. The molecule has 0 bridgehead atoms. The van der Waals surface area contributed by atoms with Gasteiger partial charge in [0.1, 0.15) is 5.82 Å². The highest BCUT2D eigenvalue weighted by atomic mass is 16.2. The highest BCUT2D eigenvalue weighted by Crippen LogP contribution is 2.13. The second kappa shape index (κ2) is 5.69. The van der Waals surface area contributed by atoms with Gasteiger partial charge in [0.15, 0.2) is 0 Å². The molecule has 2 amide bonds. The molecule has 1 aromatic heterocycles. The van der Waals surface area contributed by atoms with Gasteiger partial charge in [-0.1, -0.05) is 13.0 Å². The topological polar surface area (TPSA) is 93.6 Å². The van der Waals surface area contributed by atoms with Crippen molar-refractivity contribution in [1.82, 2.24) is 10.2 Å². The lowest BCUT2D eigenvalue weighted by Gasteiger charge is -2.07. The quantitative estimate of drug-likeness (QED) is 0.786. The van der Waals surface area contributed by atoms with Gasteiger partial charge in [0.25, 0.3) is 0 Å². The van der Waals surface area contributed by atoms with E-state index in [1.54, 1.807) is 30.5 Å². The summed E-state index contributed by atoms with van der Waals surface area (Å²) < 4.78 is 0. The lowest BCUT2D eigenvalue weighted by molar-refractivity contribution is 0.262. The monoisotopic (exact) mass is 255 g/mol. The number of hydrogen-bond donors (Lipinski definition) is 3. The van der Waals surface area contributed by atoms with Gasteiger partial charge in [-0.15, -0.1) is 0 Å². The predicted octanol–water partition coefficient (Wildman–Crippen LogP) is 2.49. The molecule has 2 aromatic rings. The van der Waals surface area contributed by atoms with Crippen molar-refractivity contribution < 1.29 is 4.79 Å². The van der Waals surface area contributed by atoms with Crippen molar-refractivity contribution in [1.29, 1.82) is 5.26 Å². The summed E-state index contributed by atoms with van der Waals surface area (Å²) in [6.45, 7) is 1.98. The second-order valence-electron chi connectivity index (χ2n) is 3.90. The van der Waals surface area contributed by atoms with Crippen LogP contribution < -0.4 is 10.6 Å². The number of carbonyl (C=O) groups is 1. The van der Waals surface area contributed by atoms with Crippen LogP contribution in [0.15, 0.2) is 30.5 Å². The van der Waals surface area contributed by atoms with E-state index in [1.807, 2.05) is 13.0 Å². The number of nitrogens with zero attached hydrogens (tertiary/aromatic N) is 2. The summed E-state index contributed by atoms with van der Waals surface area (Å²) in [5, 5.41) is 20.7. The number of H-pyrrole nitrogens is 1. The average Bonchev–Trinajstić information content (AvgIpc) is 2.86. The number of nitriles is 1. The number of urea groups is 1. The zero-order valence-electron chi connectivity index (χ0n) is 10.4. The van der Waals surface area contributed by atoms with Crippen LogP contribution in [0.2, 0.25) is 0 Å². The Morgan fingerprint density at radius 3 is 3.05 bits per heavy atom. The summed E-state index contributed by atoms with van der Waals surface area (Å²) in [7, 11) is 0. The molecule has 2 rings (SSSR count). The third-order valence-electron chi connectivity index (χ3n) is 2.59. The second-order valence-corrected chi connectivity index (χ2v) is 3.90. The fraction of sp³-hybridized carbons (Fsp3) is 0.154. The molecule has 0 radical (unpaired) electrons. The Morgan fingerprint density at radius 1 is 1.47 bits per heavy atom. The predicted molar refractivity (Wildman–Crippen MR) is 71.8 cm³/mol. The van der Waals surface area contributed by atoms with Crippen LogP contribution in [-0.2, 0) is 6.42 Å². The summed E-state index contributed by atoms with van der Waals surface area (Å²) in [6.07, 6.45) is 2.45. The largest absolute Gasteiger partial charge is 0.324 e. The normalized spacial score (nSPS) is 9.68. The van der Waals surface area contributed by atoms with Crippen molar-refractivity contribution in [2.75, 3.05) is 10.6 Å². The van der Waals surface area contributed by atoms with Crippen molar-refractivity contribution in [3.05, 3.63) is 41.6 Å². The van der Waals surface area contributed by atoms with Crippen molar-refractivity contribution in [2.24, 2.45) is 0 Å². The van der Waals surface area contributed by atoms with E-state index in [0.717, 1.165) is 12.0 Å². The Balaban J connectivity index is 2.03. The molecule has 19 heavy (non-hydrogen) atoms. The van der Waals surface area contributed by atoms with Gasteiger partial charge in [-0.2, -0.15) is 10.4 Å². The van der Waals surface area contributed by atoms with Gasteiger partial charge < -0.3 is 5.32 Å². The van der Waals surface area contributed by atoms with E-state index in [9.17, 15) is 4.79 Å². The molecule has 6 nitrogen and oxygen atoms in total. The van der Waals surface area contributed by atoms with Gasteiger partial charge in [-0.3, -0.25) is 10.4 Å².